The van der Waals surface area contributed by atoms with Crippen molar-refractivity contribution in [3.05, 3.63) is 28.8 Å². The lowest BCUT2D eigenvalue weighted by Crippen LogP contribution is -2.12. The second kappa shape index (κ2) is 5.06. The number of carboxylic acids is 1. The number of benzene rings is 1. The third kappa shape index (κ3) is 3.44. The highest BCUT2D eigenvalue weighted by Gasteiger charge is 2.19. The number of carboxylic acid groups (broad SMARTS) is 1. The highest BCUT2D eigenvalue weighted by molar-refractivity contribution is 7.91. The third-order valence-electron chi connectivity index (χ3n) is 2.08. The minimum atomic E-state index is -3.45. The molecule has 1 rings (SSSR count). The van der Waals surface area contributed by atoms with Crippen molar-refractivity contribution in [2.45, 2.75) is 18.7 Å². The molecule has 0 saturated heterocycles. The number of halogens is 1. The Hall–Kier alpha value is -1.07. The van der Waals surface area contributed by atoms with Gasteiger partial charge in [-0.2, -0.15) is 0 Å². The fourth-order valence-corrected chi connectivity index (χ4v) is 3.24. The zero-order valence-corrected chi connectivity index (χ0v) is 11.0. The average molecular weight is 277 g/mol. The van der Waals surface area contributed by atoms with Gasteiger partial charge in [-0.1, -0.05) is 25.4 Å². The van der Waals surface area contributed by atoms with E-state index in [0.717, 1.165) is 6.07 Å². The van der Waals surface area contributed by atoms with E-state index < -0.39 is 15.8 Å². The van der Waals surface area contributed by atoms with Gasteiger partial charge in [-0.3, -0.25) is 0 Å². The molecule has 0 fully saturated rings. The van der Waals surface area contributed by atoms with E-state index >= 15 is 0 Å². The summed E-state index contributed by atoms with van der Waals surface area (Å²) in [5.74, 6) is -1.28. The van der Waals surface area contributed by atoms with Gasteiger partial charge in [0.2, 0.25) is 0 Å². The maximum atomic E-state index is 11.9. The Labute approximate surface area is 105 Å². The first-order valence-electron chi connectivity index (χ1n) is 4.99. The first-order valence-corrected chi connectivity index (χ1v) is 7.02. The van der Waals surface area contributed by atoms with Crippen LogP contribution in [-0.4, -0.2) is 25.2 Å². The van der Waals surface area contributed by atoms with Gasteiger partial charge in [-0.05, 0) is 24.1 Å². The smallest absolute Gasteiger partial charge is 0.337 e. The van der Waals surface area contributed by atoms with Crippen LogP contribution < -0.4 is 0 Å². The van der Waals surface area contributed by atoms with Gasteiger partial charge in [0, 0.05) is 0 Å². The zero-order chi connectivity index (χ0) is 13.2. The van der Waals surface area contributed by atoms with Crippen molar-refractivity contribution in [3.63, 3.8) is 0 Å². The maximum Gasteiger partial charge on any atom is 0.337 e. The SMILES string of the molecule is CC(C)CS(=O)(=O)c1ccc(Cl)c(C(=O)O)c1. The lowest BCUT2D eigenvalue weighted by Gasteiger charge is -2.08. The van der Waals surface area contributed by atoms with Crippen molar-refractivity contribution >= 4 is 27.4 Å². The number of hydrogen-bond donors (Lipinski definition) is 1. The molecule has 6 heteroatoms. The summed E-state index contributed by atoms with van der Waals surface area (Å²) in [5.41, 5.74) is -0.198. The topological polar surface area (TPSA) is 71.4 Å². The van der Waals surface area contributed by atoms with E-state index in [9.17, 15) is 13.2 Å². The van der Waals surface area contributed by atoms with Gasteiger partial charge in [0.25, 0.3) is 0 Å². The number of carbonyl (C=O) groups is 1. The molecule has 0 bridgehead atoms. The summed E-state index contributed by atoms with van der Waals surface area (Å²) in [7, 11) is -3.45. The molecule has 17 heavy (non-hydrogen) atoms. The van der Waals surface area contributed by atoms with E-state index in [1.165, 1.54) is 12.1 Å². The van der Waals surface area contributed by atoms with Crippen LogP contribution in [0.4, 0.5) is 0 Å². The fourth-order valence-electron chi connectivity index (χ4n) is 1.40. The van der Waals surface area contributed by atoms with Crippen molar-refractivity contribution in [2.24, 2.45) is 5.92 Å². The molecule has 0 atom stereocenters. The Kier molecular flexibility index (Phi) is 4.16. The van der Waals surface area contributed by atoms with Crippen LogP contribution in [-0.2, 0) is 9.84 Å². The van der Waals surface area contributed by atoms with Gasteiger partial charge in [0.05, 0.1) is 21.2 Å². The highest BCUT2D eigenvalue weighted by Crippen LogP contribution is 2.22. The summed E-state index contributed by atoms with van der Waals surface area (Å²) in [6.45, 7) is 3.57. The summed E-state index contributed by atoms with van der Waals surface area (Å²) in [6.07, 6.45) is 0. The minimum Gasteiger partial charge on any atom is -0.478 e. The normalized spacial score (nSPS) is 11.8. The van der Waals surface area contributed by atoms with E-state index in [2.05, 4.69) is 0 Å². The first kappa shape index (κ1) is 14.0. The molecule has 0 amide bonds. The lowest BCUT2D eigenvalue weighted by atomic mass is 10.2. The van der Waals surface area contributed by atoms with Crippen LogP contribution in [0.25, 0.3) is 0 Å². The minimum absolute atomic E-state index is 0.00648. The summed E-state index contributed by atoms with van der Waals surface area (Å²) in [6, 6.07) is 3.72. The second-order valence-corrected chi connectivity index (χ2v) is 6.56. The van der Waals surface area contributed by atoms with Crippen LogP contribution in [0.2, 0.25) is 5.02 Å². The van der Waals surface area contributed by atoms with Gasteiger partial charge in [-0.15, -0.1) is 0 Å². The van der Waals surface area contributed by atoms with Gasteiger partial charge in [0.15, 0.2) is 9.84 Å². The van der Waals surface area contributed by atoms with Crippen molar-refractivity contribution in [1.29, 1.82) is 0 Å². The fraction of sp³-hybridized carbons (Fsp3) is 0.364. The molecule has 1 aromatic carbocycles. The molecule has 0 unspecified atom stereocenters. The first-order chi connectivity index (χ1) is 7.74. The van der Waals surface area contributed by atoms with E-state index in [4.69, 9.17) is 16.7 Å². The molecular formula is C11H13ClO4S. The molecule has 0 spiro atoms. The van der Waals surface area contributed by atoms with Crippen LogP contribution in [0.15, 0.2) is 23.1 Å². The quantitative estimate of drug-likeness (QED) is 0.917. The predicted octanol–water partition coefficient (Wildman–Crippen LogP) is 2.47. The standard InChI is InChI=1S/C11H13ClO4S/c1-7(2)6-17(15,16)8-3-4-10(12)9(5-8)11(13)14/h3-5,7H,6H2,1-2H3,(H,13,14). The lowest BCUT2D eigenvalue weighted by molar-refractivity contribution is 0.0697. The number of hydrogen-bond acceptors (Lipinski definition) is 3. The number of sulfone groups is 1. The van der Waals surface area contributed by atoms with Gasteiger partial charge in [-0.25, -0.2) is 13.2 Å². The molecule has 0 saturated carbocycles. The Morgan fingerprint density at radius 3 is 2.47 bits per heavy atom. The second-order valence-electron chi connectivity index (χ2n) is 4.12. The highest BCUT2D eigenvalue weighted by atomic mass is 35.5. The van der Waals surface area contributed by atoms with Crippen LogP contribution in [0.5, 0.6) is 0 Å². The molecule has 0 aromatic heterocycles. The molecule has 0 aliphatic heterocycles. The van der Waals surface area contributed by atoms with Gasteiger partial charge >= 0.3 is 5.97 Å². The van der Waals surface area contributed by atoms with E-state index in [1.807, 2.05) is 0 Å². The Morgan fingerprint density at radius 2 is 2.00 bits per heavy atom. The zero-order valence-electron chi connectivity index (χ0n) is 9.47. The molecule has 0 aliphatic carbocycles. The Bertz CT molecular complexity index is 534. The number of aromatic carboxylic acids is 1. The molecule has 94 valence electrons. The Morgan fingerprint density at radius 1 is 1.41 bits per heavy atom. The summed E-state index contributed by atoms with van der Waals surface area (Å²) in [4.78, 5) is 10.8. The average Bonchev–Trinajstić information content (AvgIpc) is 2.15. The molecule has 0 aliphatic rings. The largest absolute Gasteiger partial charge is 0.478 e. The van der Waals surface area contributed by atoms with Crippen molar-refractivity contribution in [2.75, 3.05) is 5.75 Å². The Balaban J connectivity index is 3.25. The maximum absolute atomic E-state index is 11.9. The van der Waals surface area contributed by atoms with Crippen molar-refractivity contribution in [1.82, 2.24) is 0 Å². The van der Waals surface area contributed by atoms with Crippen LogP contribution in [0.1, 0.15) is 24.2 Å². The summed E-state index contributed by atoms with van der Waals surface area (Å²) in [5, 5.41) is 8.89. The van der Waals surface area contributed by atoms with Crippen molar-refractivity contribution < 1.29 is 18.3 Å². The van der Waals surface area contributed by atoms with Gasteiger partial charge < -0.3 is 5.11 Å². The van der Waals surface area contributed by atoms with Crippen LogP contribution in [0, 0.1) is 5.92 Å². The predicted molar refractivity (Wildman–Crippen MR) is 65.3 cm³/mol. The van der Waals surface area contributed by atoms with E-state index in [1.54, 1.807) is 13.8 Å². The number of rotatable bonds is 4. The van der Waals surface area contributed by atoms with Crippen molar-refractivity contribution in [3.8, 4) is 0 Å². The van der Waals surface area contributed by atoms with Crippen LogP contribution in [0.3, 0.4) is 0 Å². The van der Waals surface area contributed by atoms with E-state index in [-0.39, 0.29) is 27.2 Å². The monoisotopic (exact) mass is 276 g/mol. The molecule has 1 aromatic rings. The molecule has 0 heterocycles. The molecule has 1 N–H and O–H groups in total. The third-order valence-corrected chi connectivity index (χ3v) is 4.49. The summed E-state index contributed by atoms with van der Waals surface area (Å²) >= 11 is 5.67. The van der Waals surface area contributed by atoms with Gasteiger partial charge in [0.1, 0.15) is 0 Å². The van der Waals surface area contributed by atoms with E-state index in [0.29, 0.717) is 0 Å². The molecule has 0 radical (unpaired) electrons. The molecule has 4 nitrogen and oxygen atoms in total. The van der Waals surface area contributed by atoms with Crippen LogP contribution >= 0.6 is 11.6 Å². The summed E-state index contributed by atoms with van der Waals surface area (Å²) < 4.78 is 23.8. The molecular weight excluding hydrogens is 264 g/mol.